The highest BCUT2D eigenvalue weighted by atomic mass is 16.1. The molecule has 1 aliphatic carbocycles. The molecule has 0 aliphatic heterocycles. The van der Waals surface area contributed by atoms with Crippen LogP contribution in [-0.2, 0) is 7.05 Å². The van der Waals surface area contributed by atoms with Crippen LogP contribution in [0.4, 0.5) is 5.69 Å². The van der Waals surface area contributed by atoms with E-state index in [4.69, 9.17) is 5.73 Å². The van der Waals surface area contributed by atoms with E-state index >= 15 is 0 Å². The van der Waals surface area contributed by atoms with Gasteiger partial charge in [0.2, 0.25) is 0 Å². The van der Waals surface area contributed by atoms with Gasteiger partial charge in [0.05, 0.1) is 5.52 Å². The molecule has 1 aromatic heterocycles. The first kappa shape index (κ1) is 13.2. The highest BCUT2D eigenvalue weighted by molar-refractivity contribution is 5.91. The summed E-state index contributed by atoms with van der Waals surface area (Å²) in [5, 5.41) is 4.65. The van der Waals surface area contributed by atoms with Gasteiger partial charge in [-0.1, -0.05) is 24.6 Å². The highest BCUT2D eigenvalue weighted by Gasteiger charge is 2.26. The number of rotatable bonds is 3. The standard InChI is InChI=1S/C16H21N3O/c1-19-15-8-3-2-6-12(15)14(9-16(19)20)18-13-7-4-5-11(13)10-17/h2-3,6,8-9,11,13,18H,4-5,7,10,17H2,1H3. The minimum atomic E-state index is 0.0218. The zero-order valence-electron chi connectivity index (χ0n) is 11.8. The maximum absolute atomic E-state index is 12.1. The number of hydrogen-bond acceptors (Lipinski definition) is 3. The predicted octanol–water partition coefficient (Wildman–Crippen LogP) is 2.08. The molecule has 0 spiro atoms. The van der Waals surface area contributed by atoms with Crippen molar-refractivity contribution in [3.63, 3.8) is 0 Å². The summed E-state index contributed by atoms with van der Waals surface area (Å²) in [5.74, 6) is 0.512. The zero-order chi connectivity index (χ0) is 14.1. The molecule has 4 heteroatoms. The molecule has 3 rings (SSSR count). The first-order valence-corrected chi connectivity index (χ1v) is 7.26. The van der Waals surface area contributed by atoms with Crippen LogP contribution in [0.5, 0.6) is 0 Å². The van der Waals surface area contributed by atoms with Gasteiger partial charge >= 0.3 is 0 Å². The van der Waals surface area contributed by atoms with Crippen LogP contribution in [0.1, 0.15) is 19.3 Å². The van der Waals surface area contributed by atoms with Crippen LogP contribution < -0.4 is 16.6 Å². The van der Waals surface area contributed by atoms with E-state index in [1.165, 1.54) is 12.8 Å². The molecule has 0 bridgehead atoms. The average Bonchev–Trinajstić information content (AvgIpc) is 2.92. The monoisotopic (exact) mass is 271 g/mol. The Morgan fingerprint density at radius 1 is 1.35 bits per heavy atom. The fourth-order valence-electron chi connectivity index (χ4n) is 3.24. The molecule has 3 N–H and O–H groups in total. The molecule has 1 saturated carbocycles. The maximum Gasteiger partial charge on any atom is 0.252 e. The number of aryl methyl sites for hydroxylation is 1. The number of nitrogens with zero attached hydrogens (tertiary/aromatic N) is 1. The van der Waals surface area contributed by atoms with Gasteiger partial charge in [-0.2, -0.15) is 0 Å². The minimum Gasteiger partial charge on any atom is -0.381 e. The summed E-state index contributed by atoms with van der Waals surface area (Å²) in [6.45, 7) is 0.709. The van der Waals surface area contributed by atoms with Gasteiger partial charge < -0.3 is 15.6 Å². The molecule has 20 heavy (non-hydrogen) atoms. The molecule has 0 amide bonds. The van der Waals surface area contributed by atoms with Gasteiger partial charge in [0, 0.05) is 30.2 Å². The molecule has 2 atom stereocenters. The van der Waals surface area contributed by atoms with Gasteiger partial charge in [-0.15, -0.1) is 0 Å². The van der Waals surface area contributed by atoms with Crippen molar-refractivity contribution in [3.8, 4) is 0 Å². The second-order valence-corrected chi connectivity index (χ2v) is 5.65. The summed E-state index contributed by atoms with van der Waals surface area (Å²) in [6, 6.07) is 10.1. The minimum absolute atomic E-state index is 0.0218. The molecule has 2 aromatic rings. The summed E-state index contributed by atoms with van der Waals surface area (Å²) in [5.41, 5.74) is 7.76. The molecule has 4 nitrogen and oxygen atoms in total. The van der Waals surface area contributed by atoms with Crippen molar-refractivity contribution >= 4 is 16.6 Å². The molecular weight excluding hydrogens is 250 g/mol. The molecule has 1 fully saturated rings. The third-order valence-electron chi connectivity index (χ3n) is 4.46. The number of hydrogen-bond donors (Lipinski definition) is 2. The predicted molar refractivity (Wildman–Crippen MR) is 83.0 cm³/mol. The van der Waals surface area contributed by atoms with Crippen LogP contribution in [0.25, 0.3) is 10.9 Å². The number of fused-ring (bicyclic) bond motifs is 1. The third-order valence-corrected chi connectivity index (χ3v) is 4.46. The topological polar surface area (TPSA) is 60.0 Å². The summed E-state index contributed by atoms with van der Waals surface area (Å²) < 4.78 is 1.69. The molecule has 1 heterocycles. The van der Waals surface area contributed by atoms with Crippen LogP contribution in [0.15, 0.2) is 35.1 Å². The Bertz CT molecular complexity index is 677. The smallest absolute Gasteiger partial charge is 0.252 e. The van der Waals surface area contributed by atoms with Crippen LogP contribution in [0.3, 0.4) is 0 Å². The van der Waals surface area contributed by atoms with E-state index in [9.17, 15) is 4.79 Å². The van der Waals surface area contributed by atoms with Gasteiger partial charge in [-0.05, 0) is 31.4 Å². The van der Waals surface area contributed by atoms with Gasteiger partial charge in [0.15, 0.2) is 0 Å². The van der Waals surface area contributed by atoms with E-state index in [0.717, 1.165) is 23.0 Å². The summed E-state index contributed by atoms with van der Waals surface area (Å²) >= 11 is 0. The second kappa shape index (κ2) is 5.29. The molecule has 0 saturated heterocycles. The number of nitrogens with two attached hydrogens (primary N) is 1. The number of nitrogens with one attached hydrogen (secondary N) is 1. The number of para-hydroxylation sites is 1. The Morgan fingerprint density at radius 2 is 2.15 bits per heavy atom. The van der Waals surface area contributed by atoms with Crippen LogP contribution in [-0.4, -0.2) is 17.2 Å². The SMILES string of the molecule is Cn1c(=O)cc(NC2CCCC2CN)c2ccccc21. The Morgan fingerprint density at radius 3 is 2.95 bits per heavy atom. The van der Waals surface area contributed by atoms with E-state index in [2.05, 4.69) is 11.4 Å². The zero-order valence-corrected chi connectivity index (χ0v) is 11.8. The van der Waals surface area contributed by atoms with Crippen molar-refractivity contribution in [3.05, 3.63) is 40.7 Å². The lowest BCUT2D eigenvalue weighted by Crippen LogP contribution is -2.30. The second-order valence-electron chi connectivity index (χ2n) is 5.65. The maximum atomic E-state index is 12.1. The molecule has 1 aromatic carbocycles. The Kier molecular flexibility index (Phi) is 3.49. The van der Waals surface area contributed by atoms with Crippen LogP contribution in [0, 0.1) is 5.92 Å². The van der Waals surface area contributed by atoms with E-state index in [0.29, 0.717) is 18.5 Å². The van der Waals surface area contributed by atoms with Gasteiger partial charge in [0.25, 0.3) is 5.56 Å². The van der Waals surface area contributed by atoms with Crippen LogP contribution in [0.2, 0.25) is 0 Å². The normalized spacial score (nSPS) is 22.3. The quantitative estimate of drug-likeness (QED) is 0.898. The van der Waals surface area contributed by atoms with Gasteiger partial charge in [-0.3, -0.25) is 4.79 Å². The number of pyridine rings is 1. The van der Waals surface area contributed by atoms with E-state index < -0.39 is 0 Å². The Hall–Kier alpha value is -1.81. The van der Waals surface area contributed by atoms with Crippen LogP contribution >= 0.6 is 0 Å². The van der Waals surface area contributed by atoms with Crippen molar-refractivity contribution in [2.24, 2.45) is 18.7 Å². The fraction of sp³-hybridized carbons (Fsp3) is 0.438. The first-order valence-electron chi connectivity index (χ1n) is 7.26. The average molecular weight is 271 g/mol. The molecular formula is C16H21N3O. The largest absolute Gasteiger partial charge is 0.381 e. The highest BCUT2D eigenvalue weighted by Crippen LogP contribution is 2.30. The lowest BCUT2D eigenvalue weighted by Gasteiger charge is -2.22. The molecule has 1 aliphatic rings. The van der Waals surface area contributed by atoms with E-state index in [1.54, 1.807) is 10.6 Å². The molecule has 106 valence electrons. The lowest BCUT2D eigenvalue weighted by molar-refractivity contribution is 0.517. The summed E-state index contributed by atoms with van der Waals surface area (Å²) in [6.07, 6.45) is 3.52. The fourth-order valence-corrected chi connectivity index (χ4v) is 3.24. The number of anilines is 1. The lowest BCUT2D eigenvalue weighted by atomic mass is 10.0. The van der Waals surface area contributed by atoms with Crippen molar-refractivity contribution in [2.75, 3.05) is 11.9 Å². The van der Waals surface area contributed by atoms with E-state index in [-0.39, 0.29) is 5.56 Å². The van der Waals surface area contributed by atoms with Crippen molar-refractivity contribution in [1.29, 1.82) is 0 Å². The number of benzene rings is 1. The van der Waals surface area contributed by atoms with Crippen molar-refractivity contribution < 1.29 is 0 Å². The van der Waals surface area contributed by atoms with Crippen molar-refractivity contribution in [1.82, 2.24) is 4.57 Å². The Balaban J connectivity index is 2.03. The van der Waals surface area contributed by atoms with Gasteiger partial charge in [0.1, 0.15) is 0 Å². The van der Waals surface area contributed by atoms with Gasteiger partial charge in [-0.25, -0.2) is 0 Å². The first-order chi connectivity index (χ1) is 9.70. The molecule has 0 radical (unpaired) electrons. The number of aromatic nitrogens is 1. The third kappa shape index (κ3) is 2.20. The Labute approximate surface area is 118 Å². The molecule has 2 unspecified atom stereocenters. The summed E-state index contributed by atoms with van der Waals surface area (Å²) in [4.78, 5) is 12.1. The van der Waals surface area contributed by atoms with Crippen molar-refractivity contribution in [2.45, 2.75) is 25.3 Å². The van der Waals surface area contributed by atoms with E-state index in [1.807, 2.05) is 25.2 Å². The summed E-state index contributed by atoms with van der Waals surface area (Å²) in [7, 11) is 1.81.